The van der Waals surface area contributed by atoms with Crippen molar-refractivity contribution in [2.45, 2.75) is 25.3 Å². The summed E-state index contributed by atoms with van der Waals surface area (Å²) in [6, 6.07) is 5.94. The van der Waals surface area contributed by atoms with Gasteiger partial charge >= 0.3 is 5.97 Å². The molecule has 0 spiro atoms. The quantitative estimate of drug-likeness (QED) is 0.869. The minimum atomic E-state index is -0.814. The van der Waals surface area contributed by atoms with Gasteiger partial charge in [-0.05, 0) is 37.0 Å². The number of benzene rings is 1. The number of halogens is 1. The largest absolute Gasteiger partial charge is 0.467 e. The number of hydrogen-bond acceptors (Lipinski definition) is 3. The van der Waals surface area contributed by atoms with Crippen molar-refractivity contribution in [3.63, 3.8) is 0 Å². The Balaban J connectivity index is 2.17. The molecule has 106 valence electrons. The third-order valence-corrected chi connectivity index (χ3v) is 3.50. The molecule has 4 nitrogen and oxygen atoms in total. The van der Waals surface area contributed by atoms with Gasteiger partial charge in [-0.15, -0.1) is 0 Å². The summed E-state index contributed by atoms with van der Waals surface area (Å²) >= 11 is 5.83. The van der Waals surface area contributed by atoms with Crippen LogP contribution in [0.3, 0.4) is 0 Å². The van der Waals surface area contributed by atoms with Crippen molar-refractivity contribution in [1.29, 1.82) is 0 Å². The van der Waals surface area contributed by atoms with Crippen molar-refractivity contribution in [3.05, 3.63) is 46.5 Å². The number of hydrogen-bond donors (Lipinski definition) is 1. The van der Waals surface area contributed by atoms with E-state index in [1.165, 1.54) is 7.11 Å². The molecule has 1 amide bonds. The van der Waals surface area contributed by atoms with Gasteiger partial charge in [-0.1, -0.05) is 29.8 Å². The first-order valence-electron chi connectivity index (χ1n) is 6.45. The van der Waals surface area contributed by atoms with Gasteiger partial charge in [0, 0.05) is 10.6 Å². The van der Waals surface area contributed by atoms with Gasteiger partial charge in [0.25, 0.3) is 0 Å². The molecule has 1 aliphatic rings. The first-order chi connectivity index (χ1) is 9.61. The average Bonchev–Trinajstić information content (AvgIpc) is 2.99. The molecule has 1 aromatic carbocycles. The van der Waals surface area contributed by atoms with E-state index in [4.69, 9.17) is 16.3 Å². The second kappa shape index (κ2) is 6.57. The highest BCUT2D eigenvalue weighted by Crippen LogP contribution is 2.21. The number of methoxy groups -OCH3 is 1. The Morgan fingerprint density at radius 3 is 2.55 bits per heavy atom. The number of ether oxygens (including phenoxy) is 1. The monoisotopic (exact) mass is 293 g/mol. The van der Waals surface area contributed by atoms with Crippen molar-refractivity contribution < 1.29 is 14.3 Å². The van der Waals surface area contributed by atoms with Crippen LogP contribution >= 0.6 is 11.6 Å². The maximum atomic E-state index is 12.1. The minimum absolute atomic E-state index is 0.215. The van der Waals surface area contributed by atoms with E-state index >= 15 is 0 Å². The molecule has 0 bridgehead atoms. The molecule has 0 heterocycles. The van der Waals surface area contributed by atoms with Gasteiger partial charge in [-0.2, -0.15) is 0 Å². The van der Waals surface area contributed by atoms with E-state index < -0.39 is 12.0 Å². The van der Waals surface area contributed by atoms with E-state index in [-0.39, 0.29) is 5.91 Å². The number of nitrogens with one attached hydrogen (secondary N) is 1. The van der Waals surface area contributed by atoms with Gasteiger partial charge in [-0.25, -0.2) is 4.79 Å². The number of amides is 1. The molecule has 1 atom stereocenters. The Hall–Kier alpha value is -1.81. The molecule has 0 fully saturated rings. The van der Waals surface area contributed by atoms with E-state index in [1.807, 2.05) is 6.08 Å². The average molecular weight is 294 g/mol. The lowest BCUT2D eigenvalue weighted by molar-refractivity contribution is -0.144. The van der Waals surface area contributed by atoms with Gasteiger partial charge in [0.1, 0.15) is 0 Å². The van der Waals surface area contributed by atoms with Crippen LogP contribution in [0, 0.1) is 0 Å². The molecule has 0 aromatic heterocycles. The number of carbonyl (C=O) groups is 2. The molecular formula is C15H16ClNO3. The van der Waals surface area contributed by atoms with Crippen LogP contribution in [0.25, 0.3) is 0 Å². The summed E-state index contributed by atoms with van der Waals surface area (Å²) in [5.74, 6) is -0.716. The molecule has 5 heteroatoms. The zero-order valence-corrected chi connectivity index (χ0v) is 11.9. The smallest absolute Gasteiger partial charge is 0.333 e. The second-order valence-corrected chi connectivity index (χ2v) is 5.04. The number of esters is 1. The van der Waals surface area contributed by atoms with Crippen molar-refractivity contribution in [2.24, 2.45) is 0 Å². The second-order valence-electron chi connectivity index (χ2n) is 4.60. The van der Waals surface area contributed by atoms with E-state index in [2.05, 4.69) is 5.32 Å². The van der Waals surface area contributed by atoms with Crippen LogP contribution in [-0.4, -0.2) is 19.0 Å². The standard InChI is InChI=1S/C15H16ClNO3/c1-20-15(19)13(10-6-8-12(16)9-7-10)17-14(18)11-4-2-3-5-11/h4,6-9,13H,2-3,5H2,1H3,(H,17,18). The normalized spacial score (nSPS) is 15.4. The molecule has 0 saturated heterocycles. The molecule has 2 rings (SSSR count). The summed E-state index contributed by atoms with van der Waals surface area (Å²) in [7, 11) is 1.30. The molecule has 0 aliphatic heterocycles. The van der Waals surface area contributed by atoms with Crippen molar-refractivity contribution >= 4 is 23.5 Å². The molecule has 1 N–H and O–H groups in total. The highest BCUT2D eigenvalue weighted by Gasteiger charge is 2.25. The molecule has 0 saturated carbocycles. The lowest BCUT2D eigenvalue weighted by Crippen LogP contribution is -2.35. The molecule has 0 radical (unpaired) electrons. The summed E-state index contributed by atoms with van der Waals surface area (Å²) < 4.78 is 4.75. The van der Waals surface area contributed by atoms with Crippen molar-refractivity contribution in [1.82, 2.24) is 5.32 Å². The fraction of sp³-hybridized carbons (Fsp3) is 0.333. The van der Waals surface area contributed by atoms with Crippen LogP contribution < -0.4 is 5.32 Å². The third kappa shape index (κ3) is 3.39. The summed E-state index contributed by atoms with van der Waals surface area (Å²) in [6.07, 6.45) is 4.55. The van der Waals surface area contributed by atoms with Gasteiger partial charge in [0.05, 0.1) is 7.11 Å². The fourth-order valence-corrected chi connectivity index (χ4v) is 2.28. The zero-order valence-electron chi connectivity index (χ0n) is 11.2. The Morgan fingerprint density at radius 1 is 1.30 bits per heavy atom. The van der Waals surface area contributed by atoms with Crippen LogP contribution in [-0.2, 0) is 14.3 Å². The van der Waals surface area contributed by atoms with Crippen LogP contribution in [0.4, 0.5) is 0 Å². The van der Waals surface area contributed by atoms with Gasteiger partial charge in [0.15, 0.2) is 6.04 Å². The molecule has 20 heavy (non-hydrogen) atoms. The van der Waals surface area contributed by atoms with Crippen LogP contribution in [0.2, 0.25) is 5.02 Å². The maximum absolute atomic E-state index is 12.1. The Kier molecular flexibility index (Phi) is 4.79. The van der Waals surface area contributed by atoms with E-state index in [0.29, 0.717) is 10.6 Å². The summed E-state index contributed by atoms with van der Waals surface area (Å²) in [6.45, 7) is 0. The first-order valence-corrected chi connectivity index (χ1v) is 6.83. The first kappa shape index (κ1) is 14.6. The summed E-state index contributed by atoms with van der Waals surface area (Å²) in [5.41, 5.74) is 1.38. The predicted molar refractivity (Wildman–Crippen MR) is 76.3 cm³/mol. The van der Waals surface area contributed by atoms with Crippen LogP contribution in [0.1, 0.15) is 30.9 Å². The summed E-state index contributed by atoms with van der Waals surface area (Å²) in [5, 5.41) is 3.29. The molecule has 1 aromatic rings. The minimum Gasteiger partial charge on any atom is -0.467 e. The fourth-order valence-electron chi connectivity index (χ4n) is 2.15. The van der Waals surface area contributed by atoms with Crippen molar-refractivity contribution in [3.8, 4) is 0 Å². The van der Waals surface area contributed by atoms with Gasteiger partial charge in [0.2, 0.25) is 5.91 Å². The van der Waals surface area contributed by atoms with Crippen molar-refractivity contribution in [2.75, 3.05) is 7.11 Å². The predicted octanol–water partition coefficient (Wildman–Crippen LogP) is 2.78. The zero-order chi connectivity index (χ0) is 14.5. The van der Waals surface area contributed by atoms with E-state index in [0.717, 1.165) is 24.8 Å². The number of rotatable bonds is 4. The molecule has 1 unspecified atom stereocenters. The molecule has 1 aliphatic carbocycles. The Bertz CT molecular complexity index is 537. The topological polar surface area (TPSA) is 55.4 Å². The molecular weight excluding hydrogens is 278 g/mol. The van der Waals surface area contributed by atoms with Crippen LogP contribution in [0.5, 0.6) is 0 Å². The van der Waals surface area contributed by atoms with Gasteiger partial charge in [-0.3, -0.25) is 4.79 Å². The Morgan fingerprint density at radius 2 is 2.00 bits per heavy atom. The lowest BCUT2D eigenvalue weighted by atomic mass is 10.1. The van der Waals surface area contributed by atoms with E-state index in [9.17, 15) is 9.59 Å². The number of carbonyl (C=O) groups excluding carboxylic acids is 2. The number of allylic oxidation sites excluding steroid dienone is 1. The highest BCUT2D eigenvalue weighted by atomic mass is 35.5. The van der Waals surface area contributed by atoms with Gasteiger partial charge < -0.3 is 10.1 Å². The maximum Gasteiger partial charge on any atom is 0.333 e. The lowest BCUT2D eigenvalue weighted by Gasteiger charge is -2.17. The third-order valence-electron chi connectivity index (χ3n) is 3.25. The van der Waals surface area contributed by atoms with Crippen LogP contribution in [0.15, 0.2) is 35.9 Å². The summed E-state index contributed by atoms with van der Waals surface area (Å²) in [4.78, 5) is 24.0. The highest BCUT2D eigenvalue weighted by molar-refractivity contribution is 6.30. The SMILES string of the molecule is COC(=O)C(NC(=O)C1=CCCC1)c1ccc(Cl)cc1. The Labute approximate surface area is 122 Å². The van der Waals surface area contributed by atoms with E-state index in [1.54, 1.807) is 24.3 Å².